The first-order valence-electron chi connectivity index (χ1n) is 14.2. The number of carboxylic acids is 2. The quantitative estimate of drug-likeness (QED) is 0.157. The van der Waals surface area contributed by atoms with Gasteiger partial charge in [-0.05, 0) is 80.8 Å². The van der Waals surface area contributed by atoms with Crippen LogP contribution in [0.2, 0.25) is 0 Å². The molecule has 1 aliphatic carbocycles. The number of anilines is 1. The fraction of sp³-hybridized carbons (Fsp3) is 0.171. The molecular weight excluding hydrogens is 554 g/mol. The van der Waals surface area contributed by atoms with Gasteiger partial charge in [0.05, 0.1) is 16.8 Å². The minimum atomic E-state index is -1.08. The van der Waals surface area contributed by atoms with Crippen LogP contribution in [0.15, 0.2) is 103 Å². The molecule has 9 nitrogen and oxygen atoms in total. The van der Waals surface area contributed by atoms with Crippen molar-refractivity contribution in [1.82, 2.24) is 19.9 Å². The molecule has 4 aromatic heterocycles. The number of carboxylic acid groups (broad SMARTS) is 2. The van der Waals surface area contributed by atoms with Crippen molar-refractivity contribution in [2.75, 3.05) is 11.9 Å². The SMILES string of the molecule is CC1(C(=O)O)C=CC=C(C(=O)O)C1.CCNc1cccc(-c2cncc(-c3cc(-c4cccc(C)n4)nc4[nH]ccc34)c2)c1. The molecule has 1 atom stereocenters. The van der Waals surface area contributed by atoms with E-state index in [0.717, 1.165) is 62.6 Å². The molecule has 0 bridgehead atoms. The Labute approximate surface area is 255 Å². The maximum Gasteiger partial charge on any atom is 0.331 e. The van der Waals surface area contributed by atoms with Crippen LogP contribution in [0.25, 0.3) is 44.7 Å². The minimum Gasteiger partial charge on any atom is -0.481 e. The first-order valence-corrected chi connectivity index (χ1v) is 14.2. The van der Waals surface area contributed by atoms with E-state index in [9.17, 15) is 9.59 Å². The number of fused-ring (bicyclic) bond motifs is 1. The average molecular weight is 588 g/mol. The van der Waals surface area contributed by atoms with Crippen LogP contribution < -0.4 is 5.32 Å². The van der Waals surface area contributed by atoms with Crippen molar-refractivity contribution < 1.29 is 19.8 Å². The van der Waals surface area contributed by atoms with Crippen LogP contribution in [0.5, 0.6) is 0 Å². The normalized spacial score (nSPS) is 15.7. The van der Waals surface area contributed by atoms with Gasteiger partial charge in [0.1, 0.15) is 5.65 Å². The number of H-pyrrole nitrogens is 1. The summed E-state index contributed by atoms with van der Waals surface area (Å²) in [7, 11) is 0. The van der Waals surface area contributed by atoms with Crippen LogP contribution >= 0.6 is 0 Å². The highest BCUT2D eigenvalue weighted by atomic mass is 16.4. The van der Waals surface area contributed by atoms with Gasteiger partial charge in [0.25, 0.3) is 0 Å². The third-order valence-electron chi connectivity index (χ3n) is 7.39. The molecule has 5 aromatic rings. The van der Waals surface area contributed by atoms with Gasteiger partial charge in [0, 0.05) is 58.6 Å². The van der Waals surface area contributed by atoms with E-state index in [1.54, 1.807) is 0 Å². The zero-order valence-electron chi connectivity index (χ0n) is 24.7. The molecule has 1 unspecified atom stereocenters. The molecule has 0 spiro atoms. The van der Waals surface area contributed by atoms with Gasteiger partial charge >= 0.3 is 11.9 Å². The zero-order valence-corrected chi connectivity index (χ0v) is 24.7. The number of nitrogens with one attached hydrogen (secondary N) is 2. The lowest BCUT2D eigenvalue weighted by Crippen LogP contribution is -2.28. The van der Waals surface area contributed by atoms with Crippen molar-refractivity contribution in [2.45, 2.75) is 27.2 Å². The first kappa shape index (κ1) is 29.9. The predicted molar refractivity (Wildman–Crippen MR) is 172 cm³/mol. The summed E-state index contributed by atoms with van der Waals surface area (Å²) >= 11 is 0. The van der Waals surface area contributed by atoms with Crippen molar-refractivity contribution in [2.24, 2.45) is 5.41 Å². The summed E-state index contributed by atoms with van der Waals surface area (Å²) in [6, 6.07) is 20.8. The van der Waals surface area contributed by atoms with Crippen molar-refractivity contribution in [3.05, 3.63) is 109 Å². The molecule has 0 saturated carbocycles. The number of aromatic amines is 1. The number of carbonyl (C=O) groups is 2. The number of allylic oxidation sites excluding steroid dienone is 2. The summed E-state index contributed by atoms with van der Waals surface area (Å²) in [6.45, 7) is 6.48. The van der Waals surface area contributed by atoms with Crippen LogP contribution in [0, 0.1) is 12.3 Å². The monoisotopic (exact) mass is 587 g/mol. The second-order valence-electron chi connectivity index (χ2n) is 10.8. The summed E-state index contributed by atoms with van der Waals surface area (Å²) in [5, 5.41) is 21.9. The molecule has 0 fully saturated rings. The van der Waals surface area contributed by atoms with Gasteiger partial charge in [0.15, 0.2) is 0 Å². The number of hydrogen-bond donors (Lipinski definition) is 4. The largest absolute Gasteiger partial charge is 0.481 e. The number of benzene rings is 1. The van der Waals surface area contributed by atoms with Gasteiger partial charge < -0.3 is 20.5 Å². The number of pyridine rings is 3. The molecule has 1 aliphatic rings. The molecule has 0 saturated heterocycles. The molecule has 0 aliphatic heterocycles. The van der Waals surface area contributed by atoms with Gasteiger partial charge in [-0.3, -0.25) is 14.8 Å². The first-order chi connectivity index (χ1) is 21.2. The number of nitrogens with zero attached hydrogens (tertiary/aromatic N) is 3. The van der Waals surface area contributed by atoms with E-state index in [1.807, 2.05) is 43.7 Å². The summed E-state index contributed by atoms with van der Waals surface area (Å²) in [6.07, 6.45) is 10.2. The molecule has 0 radical (unpaired) electrons. The Bertz CT molecular complexity index is 1910. The highest BCUT2D eigenvalue weighted by Crippen LogP contribution is 2.34. The third kappa shape index (κ3) is 6.57. The molecule has 4 heterocycles. The van der Waals surface area contributed by atoms with Crippen molar-refractivity contribution >= 4 is 28.7 Å². The number of rotatable bonds is 7. The molecule has 44 heavy (non-hydrogen) atoms. The fourth-order valence-corrected chi connectivity index (χ4v) is 5.04. The third-order valence-corrected chi connectivity index (χ3v) is 7.39. The molecule has 9 heteroatoms. The minimum absolute atomic E-state index is 0.0359. The Hall–Kier alpha value is -5.57. The number of hydrogen-bond acceptors (Lipinski definition) is 6. The van der Waals surface area contributed by atoms with Crippen molar-refractivity contribution in [3.8, 4) is 33.6 Å². The van der Waals surface area contributed by atoms with E-state index in [2.05, 4.69) is 69.7 Å². The number of aliphatic carboxylic acids is 2. The van der Waals surface area contributed by atoms with E-state index < -0.39 is 17.4 Å². The van der Waals surface area contributed by atoms with Gasteiger partial charge in [-0.15, -0.1) is 0 Å². The molecule has 0 amide bonds. The second kappa shape index (κ2) is 12.7. The summed E-state index contributed by atoms with van der Waals surface area (Å²) in [5.74, 6) is -2.06. The van der Waals surface area contributed by atoms with Gasteiger partial charge in [-0.25, -0.2) is 9.78 Å². The highest BCUT2D eigenvalue weighted by Gasteiger charge is 2.34. The predicted octanol–water partition coefficient (Wildman–Crippen LogP) is 7.14. The Morgan fingerprint density at radius 3 is 2.50 bits per heavy atom. The van der Waals surface area contributed by atoms with Crippen molar-refractivity contribution in [1.29, 1.82) is 0 Å². The Morgan fingerprint density at radius 1 is 0.955 bits per heavy atom. The summed E-state index contributed by atoms with van der Waals surface area (Å²) in [5.41, 5.74) is 8.01. The topological polar surface area (TPSA) is 141 Å². The van der Waals surface area contributed by atoms with Gasteiger partial charge in [0.2, 0.25) is 0 Å². The van der Waals surface area contributed by atoms with E-state index in [4.69, 9.17) is 15.2 Å². The van der Waals surface area contributed by atoms with E-state index in [0.29, 0.717) is 0 Å². The fourth-order valence-electron chi connectivity index (χ4n) is 5.04. The van der Waals surface area contributed by atoms with Crippen LogP contribution in [-0.4, -0.2) is 48.6 Å². The van der Waals surface area contributed by atoms with Crippen LogP contribution in [0.4, 0.5) is 5.69 Å². The maximum absolute atomic E-state index is 10.8. The lowest BCUT2D eigenvalue weighted by molar-refractivity contribution is -0.145. The van der Waals surface area contributed by atoms with E-state index in [-0.39, 0.29) is 12.0 Å². The molecule has 222 valence electrons. The van der Waals surface area contributed by atoms with Crippen molar-refractivity contribution in [3.63, 3.8) is 0 Å². The maximum atomic E-state index is 10.8. The summed E-state index contributed by atoms with van der Waals surface area (Å²) in [4.78, 5) is 38.6. The summed E-state index contributed by atoms with van der Waals surface area (Å²) < 4.78 is 0. The molecule has 1 aromatic carbocycles. The lowest BCUT2D eigenvalue weighted by atomic mass is 9.80. The number of aromatic nitrogens is 4. The van der Waals surface area contributed by atoms with E-state index in [1.165, 1.54) is 25.2 Å². The van der Waals surface area contributed by atoms with Gasteiger partial charge in [-0.2, -0.15) is 0 Å². The van der Waals surface area contributed by atoms with Crippen LogP contribution in [-0.2, 0) is 9.59 Å². The Morgan fingerprint density at radius 2 is 1.75 bits per heavy atom. The Balaban J connectivity index is 0.000000249. The standard InChI is InChI=1S/C26H23N5.C9H10O4/c1-3-28-21-8-5-7-18(13-21)19-12-20(16-27-15-19)23-14-25(24-9-4-6-17(2)30-24)31-26-22(23)10-11-29-26;1-9(8(12)13)4-2-3-6(5-9)7(10)11/h4-16,28H,3H2,1-2H3,(H,29,31);2-4H,5H2,1H3,(H,10,11)(H,12,13). The Kier molecular flexibility index (Phi) is 8.66. The molecule has 4 N–H and O–H groups in total. The van der Waals surface area contributed by atoms with Crippen LogP contribution in [0.1, 0.15) is 26.0 Å². The average Bonchev–Trinajstić information content (AvgIpc) is 3.50. The second-order valence-corrected chi connectivity index (χ2v) is 10.8. The smallest absolute Gasteiger partial charge is 0.331 e. The zero-order chi connectivity index (χ0) is 31.3. The van der Waals surface area contributed by atoms with E-state index >= 15 is 0 Å². The van der Waals surface area contributed by atoms with Crippen LogP contribution in [0.3, 0.4) is 0 Å². The number of aryl methyl sites for hydroxylation is 1. The lowest BCUT2D eigenvalue weighted by Gasteiger charge is -2.23. The molecule has 6 rings (SSSR count). The highest BCUT2D eigenvalue weighted by molar-refractivity contribution is 5.96. The molecular formula is C35H33N5O4. The van der Waals surface area contributed by atoms with Gasteiger partial charge in [-0.1, -0.05) is 36.4 Å².